The average molecular weight is 409 g/mol. The van der Waals surface area contributed by atoms with Gasteiger partial charge in [-0.2, -0.15) is 0 Å². The van der Waals surface area contributed by atoms with Crippen LogP contribution in [0.4, 0.5) is 0 Å². The Balaban J connectivity index is 1.36. The number of nitrogens with zero attached hydrogens (tertiary/aromatic N) is 4. The summed E-state index contributed by atoms with van der Waals surface area (Å²) in [5, 5.41) is 15.1. The molecule has 2 N–H and O–H groups in total. The molecule has 160 valence electrons. The van der Waals surface area contributed by atoms with E-state index >= 15 is 0 Å². The lowest BCUT2D eigenvalue weighted by Crippen LogP contribution is -2.38. The van der Waals surface area contributed by atoms with Crippen LogP contribution in [-0.2, 0) is 11.2 Å². The number of nitrogens with one attached hydrogen (secondary N) is 2. The molecule has 0 amide bonds. The number of aromatic nitrogens is 3. The third-order valence-electron chi connectivity index (χ3n) is 4.81. The lowest BCUT2D eigenvalue weighted by molar-refractivity contribution is 0.0646. The second kappa shape index (κ2) is 11.9. The van der Waals surface area contributed by atoms with Crippen LogP contribution in [0, 0.1) is 0 Å². The molecule has 7 nitrogen and oxygen atoms in total. The molecule has 2 aromatic heterocycles. The van der Waals surface area contributed by atoms with Crippen molar-refractivity contribution in [1.29, 1.82) is 0 Å². The molecule has 7 heteroatoms. The summed E-state index contributed by atoms with van der Waals surface area (Å²) in [5.74, 6) is 1.82. The normalized spacial score (nSPS) is 12.8. The molecule has 0 saturated carbocycles. The first-order valence-electron chi connectivity index (χ1n) is 10.7. The fraction of sp³-hybridized carbons (Fsp3) is 0.435. The first-order valence-corrected chi connectivity index (χ1v) is 10.7. The van der Waals surface area contributed by atoms with Crippen molar-refractivity contribution in [1.82, 2.24) is 25.2 Å². The van der Waals surface area contributed by atoms with Gasteiger partial charge in [-0.15, -0.1) is 10.2 Å². The number of rotatable bonds is 11. The zero-order chi connectivity index (χ0) is 21.0. The lowest BCUT2D eigenvalue weighted by Gasteiger charge is -2.14. The van der Waals surface area contributed by atoms with Crippen molar-refractivity contribution in [2.45, 2.75) is 39.2 Å². The summed E-state index contributed by atoms with van der Waals surface area (Å²) in [6, 6.07) is 16.2. The zero-order valence-electron chi connectivity index (χ0n) is 17.9. The molecule has 1 unspecified atom stereocenters. The predicted octanol–water partition coefficient (Wildman–Crippen LogP) is 3.38. The van der Waals surface area contributed by atoms with E-state index in [1.54, 1.807) is 0 Å². The van der Waals surface area contributed by atoms with E-state index in [0.29, 0.717) is 6.61 Å². The van der Waals surface area contributed by atoms with Gasteiger partial charge < -0.3 is 15.4 Å². The molecule has 0 saturated heterocycles. The van der Waals surface area contributed by atoms with Crippen molar-refractivity contribution in [2.75, 3.05) is 26.2 Å². The molecule has 3 rings (SSSR count). The van der Waals surface area contributed by atoms with Gasteiger partial charge >= 0.3 is 0 Å². The largest absolute Gasteiger partial charge is 0.374 e. The highest BCUT2D eigenvalue weighted by Gasteiger charge is 2.05. The fourth-order valence-electron chi connectivity index (χ4n) is 3.19. The van der Waals surface area contributed by atoms with Gasteiger partial charge in [0.25, 0.3) is 0 Å². The van der Waals surface area contributed by atoms with Crippen LogP contribution in [-0.4, -0.2) is 46.8 Å². The van der Waals surface area contributed by atoms with Crippen LogP contribution in [0.3, 0.4) is 0 Å². The monoisotopic (exact) mass is 408 g/mol. The van der Waals surface area contributed by atoms with Crippen molar-refractivity contribution in [3.63, 3.8) is 0 Å². The second-order valence-electron chi connectivity index (χ2n) is 7.11. The third-order valence-corrected chi connectivity index (χ3v) is 4.81. The van der Waals surface area contributed by atoms with E-state index in [1.807, 2.05) is 47.0 Å². The van der Waals surface area contributed by atoms with Crippen LogP contribution in [0.15, 0.2) is 59.7 Å². The number of hydrogen-bond donors (Lipinski definition) is 2. The van der Waals surface area contributed by atoms with E-state index in [4.69, 9.17) is 4.74 Å². The molecule has 0 aliphatic carbocycles. The summed E-state index contributed by atoms with van der Waals surface area (Å²) >= 11 is 0. The van der Waals surface area contributed by atoms with Crippen LogP contribution >= 0.6 is 0 Å². The predicted molar refractivity (Wildman–Crippen MR) is 121 cm³/mol. The maximum Gasteiger partial charge on any atom is 0.191 e. The number of aliphatic imine (C=N–C) groups is 1. The summed E-state index contributed by atoms with van der Waals surface area (Å²) in [6.45, 7) is 7.27. The van der Waals surface area contributed by atoms with Crippen LogP contribution in [0.1, 0.15) is 44.2 Å². The van der Waals surface area contributed by atoms with Crippen molar-refractivity contribution in [2.24, 2.45) is 4.99 Å². The van der Waals surface area contributed by atoms with Gasteiger partial charge in [-0.1, -0.05) is 36.4 Å². The number of pyridine rings is 1. The molecule has 0 spiro atoms. The topological polar surface area (TPSA) is 75.8 Å². The number of aryl methyl sites for hydroxylation is 1. The molecule has 0 aliphatic heterocycles. The maximum absolute atomic E-state index is 5.93. The van der Waals surface area contributed by atoms with Crippen LogP contribution in [0.5, 0.6) is 0 Å². The van der Waals surface area contributed by atoms with Crippen molar-refractivity contribution in [3.8, 4) is 0 Å². The van der Waals surface area contributed by atoms with Crippen LogP contribution in [0.25, 0.3) is 5.65 Å². The minimum absolute atomic E-state index is 0.112. The Morgan fingerprint density at radius 2 is 1.90 bits per heavy atom. The number of ether oxygens (including phenoxy) is 1. The molecule has 2 heterocycles. The van der Waals surface area contributed by atoms with E-state index in [-0.39, 0.29) is 6.10 Å². The van der Waals surface area contributed by atoms with Gasteiger partial charge in [0.2, 0.25) is 0 Å². The molecule has 30 heavy (non-hydrogen) atoms. The first kappa shape index (κ1) is 21.8. The summed E-state index contributed by atoms with van der Waals surface area (Å²) in [4.78, 5) is 4.67. The van der Waals surface area contributed by atoms with E-state index < -0.39 is 0 Å². The number of benzene rings is 1. The Kier molecular flexibility index (Phi) is 8.65. The van der Waals surface area contributed by atoms with Gasteiger partial charge in [0.15, 0.2) is 11.6 Å². The van der Waals surface area contributed by atoms with Gasteiger partial charge in [0.1, 0.15) is 5.82 Å². The summed E-state index contributed by atoms with van der Waals surface area (Å²) in [6.07, 6.45) is 4.80. The van der Waals surface area contributed by atoms with Crippen molar-refractivity contribution in [3.05, 3.63) is 66.1 Å². The lowest BCUT2D eigenvalue weighted by atomic mass is 10.1. The van der Waals surface area contributed by atoms with E-state index in [0.717, 1.165) is 56.3 Å². The van der Waals surface area contributed by atoms with Gasteiger partial charge in [0.05, 0.1) is 6.10 Å². The van der Waals surface area contributed by atoms with E-state index in [2.05, 4.69) is 51.8 Å². The Bertz CT molecular complexity index is 908. The fourth-order valence-corrected chi connectivity index (χ4v) is 3.19. The highest BCUT2D eigenvalue weighted by molar-refractivity contribution is 5.79. The van der Waals surface area contributed by atoms with Crippen LogP contribution < -0.4 is 10.6 Å². The van der Waals surface area contributed by atoms with Crippen molar-refractivity contribution < 1.29 is 4.74 Å². The molecule has 0 radical (unpaired) electrons. The first-order chi connectivity index (χ1) is 14.8. The smallest absolute Gasteiger partial charge is 0.191 e. The van der Waals surface area contributed by atoms with Gasteiger partial charge in [-0.05, 0) is 44.4 Å². The Morgan fingerprint density at radius 1 is 1.07 bits per heavy atom. The maximum atomic E-state index is 5.93. The van der Waals surface area contributed by atoms with E-state index in [1.165, 1.54) is 5.56 Å². The standard InChI is InChI=1S/C23H32N6O/c1-3-24-23(26-16-10-18-30-19(2)20-11-5-4-6-12-20)25-15-9-14-22-28-27-21-13-7-8-17-29(21)22/h4-8,11-13,17,19H,3,9-10,14-16,18H2,1-2H3,(H2,24,25,26). The molecular weight excluding hydrogens is 376 g/mol. The number of fused-ring (bicyclic) bond motifs is 1. The van der Waals surface area contributed by atoms with E-state index in [9.17, 15) is 0 Å². The summed E-state index contributed by atoms with van der Waals surface area (Å²) in [5.41, 5.74) is 2.09. The Labute approximate surface area is 178 Å². The number of guanidine groups is 1. The molecule has 1 aromatic carbocycles. The average Bonchev–Trinajstić information content (AvgIpc) is 3.20. The van der Waals surface area contributed by atoms with Crippen LogP contribution in [0.2, 0.25) is 0 Å². The highest BCUT2D eigenvalue weighted by atomic mass is 16.5. The van der Waals surface area contributed by atoms with Gasteiger partial charge in [0, 0.05) is 38.9 Å². The second-order valence-corrected chi connectivity index (χ2v) is 7.11. The molecule has 0 bridgehead atoms. The molecular formula is C23H32N6O. The minimum atomic E-state index is 0.112. The molecule has 0 fully saturated rings. The van der Waals surface area contributed by atoms with Gasteiger partial charge in [-0.25, -0.2) is 0 Å². The third kappa shape index (κ3) is 6.56. The number of hydrogen-bond acceptors (Lipinski definition) is 4. The zero-order valence-corrected chi connectivity index (χ0v) is 17.9. The van der Waals surface area contributed by atoms with Crippen molar-refractivity contribution >= 4 is 11.6 Å². The molecule has 0 aliphatic rings. The molecule has 3 aromatic rings. The Morgan fingerprint density at radius 3 is 2.73 bits per heavy atom. The summed E-state index contributed by atoms with van der Waals surface area (Å²) < 4.78 is 7.96. The Hall–Kier alpha value is -2.93. The van der Waals surface area contributed by atoms with Gasteiger partial charge in [-0.3, -0.25) is 9.39 Å². The summed E-state index contributed by atoms with van der Waals surface area (Å²) in [7, 11) is 0. The quantitative estimate of drug-likeness (QED) is 0.289. The minimum Gasteiger partial charge on any atom is -0.374 e. The highest BCUT2D eigenvalue weighted by Crippen LogP contribution is 2.15. The SMILES string of the molecule is CCNC(=NCCCc1nnc2ccccn12)NCCCOC(C)c1ccccc1. The molecule has 1 atom stereocenters.